The zero-order valence-corrected chi connectivity index (χ0v) is 19.2. The molecule has 0 aliphatic carbocycles. The van der Waals surface area contributed by atoms with E-state index < -0.39 is 11.9 Å². The lowest BCUT2D eigenvalue weighted by atomic mass is 10.1. The number of unbranched alkanes of at least 4 members (excludes halogenated alkanes) is 15. The van der Waals surface area contributed by atoms with Crippen molar-refractivity contribution in [1.82, 2.24) is 0 Å². The highest BCUT2D eigenvalue weighted by atomic mass is 16.5. The maximum atomic E-state index is 11.6. The summed E-state index contributed by atoms with van der Waals surface area (Å²) in [4.78, 5) is 23.2. The molecule has 4 nitrogen and oxygen atoms in total. The summed E-state index contributed by atoms with van der Waals surface area (Å²) in [6, 6.07) is 0. The summed E-state index contributed by atoms with van der Waals surface area (Å²) in [5.74, 6) is -0.930. The van der Waals surface area contributed by atoms with Gasteiger partial charge in [0.05, 0.1) is 13.2 Å². The average Bonchev–Trinajstić information content (AvgIpc) is 2.72. The Balaban J connectivity index is 3.41. The van der Waals surface area contributed by atoms with Crippen molar-refractivity contribution in [2.24, 2.45) is 0 Å². The van der Waals surface area contributed by atoms with Gasteiger partial charge in [-0.05, 0) is 12.8 Å². The summed E-state index contributed by atoms with van der Waals surface area (Å²) in [6.07, 6.45) is 23.1. The SMILES string of the molecule is CCCCCCCCCCCCOC(=O)/C=C/C(=O)OCCCCCCCCC. The van der Waals surface area contributed by atoms with Gasteiger partial charge in [0, 0.05) is 12.2 Å². The highest BCUT2D eigenvalue weighted by molar-refractivity contribution is 5.91. The average molecular weight is 411 g/mol. The van der Waals surface area contributed by atoms with Gasteiger partial charge in [0.2, 0.25) is 0 Å². The molecule has 0 aliphatic heterocycles. The predicted octanol–water partition coefficient (Wildman–Crippen LogP) is 7.30. The molecule has 0 spiro atoms. The van der Waals surface area contributed by atoms with Crippen LogP contribution in [0.4, 0.5) is 0 Å². The minimum atomic E-state index is -0.466. The molecule has 0 saturated heterocycles. The molecule has 0 aromatic carbocycles. The van der Waals surface area contributed by atoms with Gasteiger partial charge in [-0.2, -0.15) is 0 Å². The molecule has 0 bridgehead atoms. The fourth-order valence-electron chi connectivity index (χ4n) is 3.23. The Bertz CT molecular complexity index is 404. The summed E-state index contributed by atoms with van der Waals surface area (Å²) < 4.78 is 10.2. The lowest BCUT2D eigenvalue weighted by Crippen LogP contribution is -2.06. The van der Waals surface area contributed by atoms with E-state index >= 15 is 0 Å². The summed E-state index contributed by atoms with van der Waals surface area (Å²) in [5.41, 5.74) is 0. The molecule has 0 unspecified atom stereocenters. The van der Waals surface area contributed by atoms with E-state index in [1.54, 1.807) is 0 Å². The molecule has 0 atom stereocenters. The molecule has 0 radical (unpaired) electrons. The van der Waals surface area contributed by atoms with Crippen molar-refractivity contribution in [1.29, 1.82) is 0 Å². The van der Waals surface area contributed by atoms with Gasteiger partial charge < -0.3 is 9.47 Å². The van der Waals surface area contributed by atoms with Crippen LogP contribution < -0.4 is 0 Å². The van der Waals surface area contributed by atoms with E-state index in [-0.39, 0.29) is 0 Å². The van der Waals surface area contributed by atoms with E-state index in [0.717, 1.165) is 25.7 Å². The molecule has 4 heteroatoms. The summed E-state index contributed by atoms with van der Waals surface area (Å²) in [5, 5.41) is 0. The first-order valence-corrected chi connectivity index (χ1v) is 12.2. The van der Waals surface area contributed by atoms with Gasteiger partial charge in [0.15, 0.2) is 0 Å². The monoisotopic (exact) mass is 410 g/mol. The highest BCUT2D eigenvalue weighted by Gasteiger charge is 2.01. The van der Waals surface area contributed by atoms with E-state index in [9.17, 15) is 9.59 Å². The minimum Gasteiger partial charge on any atom is -0.463 e. The number of hydrogen-bond acceptors (Lipinski definition) is 4. The van der Waals surface area contributed by atoms with Gasteiger partial charge in [-0.1, -0.05) is 110 Å². The normalized spacial score (nSPS) is 11.1. The van der Waals surface area contributed by atoms with Gasteiger partial charge >= 0.3 is 11.9 Å². The molecule has 0 N–H and O–H groups in total. The third kappa shape index (κ3) is 22.8. The Hall–Kier alpha value is -1.32. The lowest BCUT2D eigenvalue weighted by Gasteiger charge is -2.04. The van der Waals surface area contributed by atoms with Crippen LogP contribution in [0.1, 0.15) is 123 Å². The smallest absolute Gasteiger partial charge is 0.331 e. The van der Waals surface area contributed by atoms with E-state index in [4.69, 9.17) is 9.47 Å². The van der Waals surface area contributed by atoms with Crippen molar-refractivity contribution in [3.05, 3.63) is 12.2 Å². The van der Waals surface area contributed by atoms with E-state index in [0.29, 0.717) is 13.2 Å². The van der Waals surface area contributed by atoms with Crippen molar-refractivity contribution < 1.29 is 19.1 Å². The molecule has 0 heterocycles. The minimum absolute atomic E-state index is 0.421. The van der Waals surface area contributed by atoms with Crippen molar-refractivity contribution >= 4 is 11.9 Å². The summed E-state index contributed by atoms with van der Waals surface area (Å²) in [6.45, 7) is 5.30. The van der Waals surface area contributed by atoms with Crippen LogP contribution in [-0.2, 0) is 19.1 Å². The second kappa shape index (κ2) is 23.0. The fourth-order valence-corrected chi connectivity index (χ4v) is 3.23. The van der Waals surface area contributed by atoms with Crippen molar-refractivity contribution in [2.75, 3.05) is 13.2 Å². The first-order chi connectivity index (χ1) is 14.2. The number of rotatable bonds is 21. The molecule has 0 aromatic heterocycles. The Kier molecular flexibility index (Phi) is 21.9. The molecule has 0 saturated carbocycles. The van der Waals surface area contributed by atoms with Crippen molar-refractivity contribution in [3.8, 4) is 0 Å². The number of carbonyl (C=O) groups excluding carboxylic acids is 2. The van der Waals surface area contributed by atoms with E-state index in [2.05, 4.69) is 13.8 Å². The predicted molar refractivity (Wildman–Crippen MR) is 121 cm³/mol. The number of ether oxygens (including phenoxy) is 2. The van der Waals surface area contributed by atoms with Gasteiger partial charge in [-0.25, -0.2) is 9.59 Å². The van der Waals surface area contributed by atoms with E-state index in [1.807, 2.05) is 0 Å². The maximum Gasteiger partial charge on any atom is 0.331 e. The van der Waals surface area contributed by atoms with Crippen LogP contribution >= 0.6 is 0 Å². The molecule has 0 aliphatic rings. The van der Waals surface area contributed by atoms with Crippen molar-refractivity contribution in [3.63, 3.8) is 0 Å². The topological polar surface area (TPSA) is 52.6 Å². The van der Waals surface area contributed by atoms with Crippen LogP contribution in [0.5, 0.6) is 0 Å². The van der Waals surface area contributed by atoms with Crippen LogP contribution in [0, 0.1) is 0 Å². The van der Waals surface area contributed by atoms with Crippen LogP contribution in [0.15, 0.2) is 12.2 Å². The third-order valence-electron chi connectivity index (χ3n) is 5.09. The number of esters is 2. The quantitative estimate of drug-likeness (QED) is 0.113. The second-order valence-electron chi connectivity index (χ2n) is 7.97. The maximum absolute atomic E-state index is 11.6. The summed E-state index contributed by atoms with van der Waals surface area (Å²) >= 11 is 0. The molecular weight excluding hydrogens is 364 g/mol. The first-order valence-electron chi connectivity index (χ1n) is 12.2. The lowest BCUT2D eigenvalue weighted by molar-refractivity contribution is -0.140. The first kappa shape index (κ1) is 27.7. The fraction of sp³-hybridized carbons (Fsp3) is 0.840. The second-order valence-corrected chi connectivity index (χ2v) is 7.97. The Morgan fingerprint density at radius 3 is 1.07 bits per heavy atom. The Morgan fingerprint density at radius 2 is 0.759 bits per heavy atom. The zero-order chi connectivity index (χ0) is 21.4. The van der Waals surface area contributed by atoms with Crippen LogP contribution in [-0.4, -0.2) is 25.2 Å². The summed E-state index contributed by atoms with van der Waals surface area (Å²) in [7, 11) is 0. The van der Waals surface area contributed by atoms with Gasteiger partial charge in [0.25, 0.3) is 0 Å². The number of hydrogen-bond donors (Lipinski definition) is 0. The van der Waals surface area contributed by atoms with Gasteiger partial charge in [-0.3, -0.25) is 0 Å². The Morgan fingerprint density at radius 1 is 0.483 bits per heavy atom. The molecular formula is C25H46O4. The van der Waals surface area contributed by atoms with Crippen LogP contribution in [0.3, 0.4) is 0 Å². The molecule has 0 fully saturated rings. The van der Waals surface area contributed by atoms with Crippen LogP contribution in [0.2, 0.25) is 0 Å². The zero-order valence-electron chi connectivity index (χ0n) is 19.2. The van der Waals surface area contributed by atoms with Crippen LogP contribution in [0.25, 0.3) is 0 Å². The number of carbonyl (C=O) groups is 2. The van der Waals surface area contributed by atoms with Crippen molar-refractivity contribution in [2.45, 2.75) is 123 Å². The molecule has 170 valence electrons. The molecule has 29 heavy (non-hydrogen) atoms. The Labute approximate surface area is 179 Å². The highest BCUT2D eigenvalue weighted by Crippen LogP contribution is 2.10. The van der Waals surface area contributed by atoms with Gasteiger partial charge in [-0.15, -0.1) is 0 Å². The molecule has 0 amide bonds. The molecule has 0 rings (SSSR count). The van der Waals surface area contributed by atoms with E-state index in [1.165, 1.54) is 95.6 Å². The van der Waals surface area contributed by atoms with Gasteiger partial charge in [0.1, 0.15) is 0 Å². The molecule has 0 aromatic rings. The standard InChI is InChI=1S/C25H46O4/c1-3-5-7-9-11-12-13-15-17-19-23-29-25(27)21-20-24(26)28-22-18-16-14-10-8-6-4-2/h20-21H,3-19,22-23H2,1-2H3/b21-20+. The third-order valence-corrected chi connectivity index (χ3v) is 5.09. The largest absolute Gasteiger partial charge is 0.463 e.